The molecule has 3 aromatic rings. The topological polar surface area (TPSA) is 96.0 Å². The van der Waals surface area contributed by atoms with Crippen molar-refractivity contribution in [3.05, 3.63) is 94.5 Å². The molecule has 2 amide bonds. The van der Waals surface area contributed by atoms with Crippen molar-refractivity contribution in [1.82, 2.24) is 10.2 Å². The number of methoxy groups -OCH3 is 1. The number of nitrogens with one attached hydrogen (secondary N) is 1. The molecule has 10 heteroatoms. The highest BCUT2D eigenvalue weighted by Crippen LogP contribution is 2.24. The van der Waals surface area contributed by atoms with E-state index in [1.807, 2.05) is 68.4 Å². The van der Waals surface area contributed by atoms with Crippen LogP contribution in [0.25, 0.3) is 0 Å². The van der Waals surface area contributed by atoms with Crippen LogP contribution in [-0.4, -0.2) is 57.1 Å². The van der Waals surface area contributed by atoms with Crippen molar-refractivity contribution in [2.75, 3.05) is 24.2 Å². The number of ether oxygens (including phenoxy) is 1. The molecule has 0 aromatic heterocycles. The molecule has 1 N–H and O–H groups in total. The number of hydrogen-bond acceptors (Lipinski definition) is 5. The minimum absolute atomic E-state index is 0.0992. The molecule has 0 fully saturated rings. The van der Waals surface area contributed by atoms with E-state index in [9.17, 15) is 18.0 Å². The van der Waals surface area contributed by atoms with Crippen molar-refractivity contribution in [2.24, 2.45) is 0 Å². The van der Waals surface area contributed by atoms with Gasteiger partial charge in [0.05, 0.1) is 19.1 Å². The minimum atomic E-state index is -3.86. The first-order valence-corrected chi connectivity index (χ1v) is 15.7. The van der Waals surface area contributed by atoms with Gasteiger partial charge in [0, 0.05) is 29.5 Å². The molecule has 0 heterocycles. The molecule has 214 valence electrons. The maximum Gasteiger partial charge on any atom is 0.244 e. The summed E-state index contributed by atoms with van der Waals surface area (Å²) < 4.78 is 32.9. The highest BCUT2D eigenvalue weighted by molar-refractivity contribution is 9.10. The lowest BCUT2D eigenvalue weighted by Crippen LogP contribution is -2.54. The van der Waals surface area contributed by atoms with E-state index < -0.39 is 28.5 Å². The predicted molar refractivity (Wildman–Crippen MR) is 162 cm³/mol. The quantitative estimate of drug-likeness (QED) is 0.294. The number of nitrogens with zero attached hydrogens (tertiary/aromatic N) is 2. The Kier molecular flexibility index (Phi) is 11.2. The standard InChI is InChI=1S/C30H36BrN3O5S/c1-5-22(2)32-30(36)28(18-23-11-7-6-8-12-23)33(20-24-13-9-14-25(31)17-24)29(35)21-34(40(4,37)38)26-15-10-16-27(19-26)39-3/h6-17,19,22,28H,5,18,20-21H2,1-4H3,(H,32,36)/t22-,28-/m0/s1. The van der Waals surface area contributed by atoms with Crippen LogP contribution >= 0.6 is 15.9 Å². The molecule has 0 bridgehead atoms. The molecule has 0 spiro atoms. The fourth-order valence-electron chi connectivity index (χ4n) is 4.21. The van der Waals surface area contributed by atoms with Crippen LogP contribution in [0.1, 0.15) is 31.4 Å². The van der Waals surface area contributed by atoms with Crippen LogP contribution in [0.5, 0.6) is 5.75 Å². The molecule has 0 aliphatic heterocycles. The van der Waals surface area contributed by atoms with Crippen molar-refractivity contribution >= 4 is 43.5 Å². The van der Waals surface area contributed by atoms with E-state index in [0.29, 0.717) is 11.4 Å². The first-order valence-electron chi connectivity index (χ1n) is 13.0. The van der Waals surface area contributed by atoms with Crippen LogP contribution in [0.4, 0.5) is 5.69 Å². The van der Waals surface area contributed by atoms with Crippen LogP contribution in [0.2, 0.25) is 0 Å². The third kappa shape index (κ3) is 8.82. The maximum absolute atomic E-state index is 14.1. The Labute approximate surface area is 245 Å². The largest absolute Gasteiger partial charge is 0.497 e. The van der Waals surface area contributed by atoms with E-state index in [0.717, 1.165) is 32.6 Å². The van der Waals surface area contributed by atoms with Gasteiger partial charge < -0.3 is 15.0 Å². The van der Waals surface area contributed by atoms with Gasteiger partial charge in [0.15, 0.2) is 0 Å². The lowest BCUT2D eigenvalue weighted by atomic mass is 10.0. The first kappa shape index (κ1) is 31.2. The second kappa shape index (κ2) is 14.3. The van der Waals surface area contributed by atoms with E-state index in [2.05, 4.69) is 21.2 Å². The molecule has 0 radical (unpaired) electrons. The number of rotatable bonds is 13. The zero-order valence-corrected chi connectivity index (χ0v) is 25.6. The zero-order chi connectivity index (χ0) is 29.3. The molecular formula is C30H36BrN3O5S. The number of halogens is 1. The first-order chi connectivity index (χ1) is 19.0. The summed E-state index contributed by atoms with van der Waals surface area (Å²) in [6.07, 6.45) is 2.04. The number of carbonyl (C=O) groups is 2. The lowest BCUT2D eigenvalue weighted by molar-refractivity contribution is -0.140. The highest BCUT2D eigenvalue weighted by atomic mass is 79.9. The van der Waals surface area contributed by atoms with Gasteiger partial charge in [0.2, 0.25) is 21.8 Å². The third-order valence-corrected chi connectivity index (χ3v) is 8.17. The van der Waals surface area contributed by atoms with E-state index in [1.165, 1.54) is 12.0 Å². The smallest absolute Gasteiger partial charge is 0.244 e. The van der Waals surface area contributed by atoms with Crippen LogP contribution in [0.3, 0.4) is 0 Å². The van der Waals surface area contributed by atoms with E-state index in [4.69, 9.17) is 4.74 Å². The van der Waals surface area contributed by atoms with Gasteiger partial charge in [-0.25, -0.2) is 8.42 Å². The molecule has 40 heavy (non-hydrogen) atoms. The van der Waals surface area contributed by atoms with Crippen LogP contribution in [0, 0.1) is 0 Å². The Hall–Kier alpha value is -3.37. The minimum Gasteiger partial charge on any atom is -0.497 e. The summed E-state index contributed by atoms with van der Waals surface area (Å²) in [5.41, 5.74) is 1.97. The number of benzene rings is 3. The Morgan fingerprint density at radius 1 is 0.975 bits per heavy atom. The summed E-state index contributed by atoms with van der Waals surface area (Å²) in [6.45, 7) is 3.51. The molecule has 0 saturated carbocycles. The van der Waals surface area contributed by atoms with Gasteiger partial charge in [0.25, 0.3) is 0 Å². The molecule has 8 nitrogen and oxygen atoms in total. The van der Waals surface area contributed by atoms with Crippen LogP contribution < -0.4 is 14.4 Å². The highest BCUT2D eigenvalue weighted by Gasteiger charge is 2.33. The molecule has 2 atom stereocenters. The molecule has 0 aliphatic rings. The van der Waals surface area contributed by atoms with Gasteiger partial charge in [-0.2, -0.15) is 0 Å². The average Bonchev–Trinajstić information content (AvgIpc) is 2.93. The molecule has 0 saturated heterocycles. The fraction of sp³-hybridized carbons (Fsp3) is 0.333. The molecule has 3 rings (SSSR count). The van der Waals surface area contributed by atoms with Crippen LogP contribution in [-0.2, 0) is 32.6 Å². The van der Waals surface area contributed by atoms with Gasteiger partial charge in [-0.05, 0) is 48.7 Å². The number of carbonyl (C=O) groups excluding carboxylic acids is 2. The summed E-state index contributed by atoms with van der Waals surface area (Å²) in [5.74, 6) is -0.346. The van der Waals surface area contributed by atoms with E-state index >= 15 is 0 Å². The monoisotopic (exact) mass is 629 g/mol. The number of hydrogen-bond donors (Lipinski definition) is 1. The fourth-order valence-corrected chi connectivity index (χ4v) is 5.49. The Morgan fingerprint density at radius 2 is 1.65 bits per heavy atom. The Balaban J connectivity index is 2.06. The third-order valence-electron chi connectivity index (χ3n) is 6.53. The van der Waals surface area contributed by atoms with Crippen LogP contribution in [0.15, 0.2) is 83.3 Å². The Bertz CT molecular complexity index is 1400. The normalized spacial score (nSPS) is 12.7. The summed E-state index contributed by atoms with van der Waals surface area (Å²) in [5, 5.41) is 3.02. The second-order valence-electron chi connectivity index (χ2n) is 9.65. The van der Waals surface area contributed by atoms with Gasteiger partial charge in [-0.15, -0.1) is 0 Å². The Morgan fingerprint density at radius 3 is 2.27 bits per heavy atom. The average molecular weight is 631 g/mol. The van der Waals surface area contributed by atoms with Crippen molar-refractivity contribution in [3.8, 4) is 5.75 Å². The number of amides is 2. The number of sulfonamides is 1. The summed E-state index contributed by atoms with van der Waals surface area (Å²) >= 11 is 3.48. The molecule has 3 aromatic carbocycles. The second-order valence-corrected chi connectivity index (χ2v) is 12.5. The summed E-state index contributed by atoms with van der Waals surface area (Å²) in [6, 6.07) is 22.5. The lowest BCUT2D eigenvalue weighted by Gasteiger charge is -2.34. The predicted octanol–water partition coefficient (Wildman–Crippen LogP) is 4.78. The maximum atomic E-state index is 14.1. The summed E-state index contributed by atoms with van der Waals surface area (Å²) in [4.78, 5) is 29.3. The molecule has 0 aliphatic carbocycles. The van der Waals surface area contributed by atoms with E-state index in [1.54, 1.807) is 24.3 Å². The summed E-state index contributed by atoms with van der Waals surface area (Å²) in [7, 11) is -2.37. The van der Waals surface area contributed by atoms with Gasteiger partial charge in [-0.1, -0.05) is 71.4 Å². The zero-order valence-electron chi connectivity index (χ0n) is 23.2. The van der Waals surface area contributed by atoms with Crippen molar-refractivity contribution in [1.29, 1.82) is 0 Å². The van der Waals surface area contributed by atoms with Crippen molar-refractivity contribution in [3.63, 3.8) is 0 Å². The van der Waals surface area contributed by atoms with Crippen molar-refractivity contribution in [2.45, 2.75) is 45.3 Å². The van der Waals surface area contributed by atoms with Crippen molar-refractivity contribution < 1.29 is 22.7 Å². The van der Waals surface area contributed by atoms with Gasteiger partial charge in [0.1, 0.15) is 18.3 Å². The van der Waals surface area contributed by atoms with Gasteiger partial charge >= 0.3 is 0 Å². The SMILES string of the molecule is CC[C@H](C)NC(=O)[C@H](Cc1ccccc1)N(Cc1cccc(Br)c1)C(=O)CN(c1cccc(OC)c1)S(C)(=O)=O. The number of anilines is 1. The molecule has 0 unspecified atom stereocenters. The van der Waals surface area contributed by atoms with E-state index in [-0.39, 0.29) is 24.9 Å². The van der Waals surface area contributed by atoms with Gasteiger partial charge in [-0.3, -0.25) is 13.9 Å². The molecular weight excluding hydrogens is 594 g/mol.